The molecule has 20 heavy (non-hydrogen) atoms. The van der Waals surface area contributed by atoms with Crippen LogP contribution in [0.15, 0.2) is 42.9 Å². The van der Waals surface area contributed by atoms with E-state index in [2.05, 4.69) is 9.97 Å². The lowest BCUT2D eigenvalue weighted by Crippen LogP contribution is -2.09. The van der Waals surface area contributed by atoms with E-state index in [0.29, 0.717) is 5.75 Å². The molecule has 0 aliphatic carbocycles. The average molecular weight is 270 g/mol. The Kier molecular flexibility index (Phi) is 4.44. The van der Waals surface area contributed by atoms with Gasteiger partial charge in [-0.25, -0.2) is 4.79 Å². The highest BCUT2D eigenvalue weighted by molar-refractivity contribution is 5.78. The van der Waals surface area contributed by atoms with Crippen molar-refractivity contribution in [1.82, 2.24) is 9.97 Å². The van der Waals surface area contributed by atoms with Crippen molar-refractivity contribution < 1.29 is 14.6 Å². The van der Waals surface area contributed by atoms with E-state index >= 15 is 0 Å². The van der Waals surface area contributed by atoms with E-state index < -0.39 is 5.97 Å². The third kappa shape index (κ3) is 3.91. The lowest BCUT2D eigenvalue weighted by Gasteiger charge is -2.05. The number of nitrogens with zero attached hydrogens (tertiary/aromatic N) is 2. The summed E-state index contributed by atoms with van der Waals surface area (Å²) in [5, 5.41) is 8.59. The van der Waals surface area contributed by atoms with Gasteiger partial charge >= 0.3 is 5.97 Å². The molecule has 1 aromatic carbocycles. The van der Waals surface area contributed by atoms with Gasteiger partial charge in [-0.1, -0.05) is 12.1 Å². The molecule has 0 bridgehead atoms. The molecule has 0 spiro atoms. The first-order valence-electron chi connectivity index (χ1n) is 6.04. The summed E-state index contributed by atoms with van der Waals surface area (Å²) in [6, 6.07) is 7.22. The molecule has 2 aromatic rings. The molecule has 0 atom stereocenters. The molecule has 0 saturated carbocycles. The Hall–Kier alpha value is -2.69. The third-order valence-corrected chi connectivity index (χ3v) is 2.57. The summed E-state index contributed by atoms with van der Waals surface area (Å²) in [5.74, 6) is -0.477. The second-order valence-corrected chi connectivity index (χ2v) is 4.17. The van der Waals surface area contributed by atoms with Gasteiger partial charge in [0.1, 0.15) is 5.75 Å². The van der Waals surface area contributed by atoms with Gasteiger partial charge in [0.15, 0.2) is 6.61 Å². The first-order chi connectivity index (χ1) is 9.65. The summed E-state index contributed by atoms with van der Waals surface area (Å²) in [6.07, 6.45) is 6.89. The maximum atomic E-state index is 10.5. The van der Waals surface area contributed by atoms with E-state index in [-0.39, 0.29) is 6.61 Å². The smallest absolute Gasteiger partial charge is 0.341 e. The zero-order valence-corrected chi connectivity index (χ0v) is 11.0. The van der Waals surface area contributed by atoms with E-state index in [1.165, 1.54) is 0 Å². The van der Waals surface area contributed by atoms with Gasteiger partial charge in [-0.3, -0.25) is 9.97 Å². The molecule has 0 unspecified atom stereocenters. The van der Waals surface area contributed by atoms with Crippen molar-refractivity contribution >= 4 is 17.6 Å². The molecule has 2 rings (SSSR count). The molecule has 102 valence electrons. The standard InChI is InChI=1S/C15H14N2O3/c1-11(14-9-16-5-6-17-14)7-12-3-2-4-13(8-12)20-10-15(18)19/h2-9H,10H2,1H3,(H,18,19)/b11-7+. The number of aliphatic carboxylic acids is 1. The lowest BCUT2D eigenvalue weighted by molar-refractivity contribution is -0.139. The minimum Gasteiger partial charge on any atom is -0.482 e. The zero-order valence-electron chi connectivity index (χ0n) is 11.0. The topological polar surface area (TPSA) is 72.3 Å². The average Bonchev–Trinajstić information content (AvgIpc) is 2.46. The van der Waals surface area contributed by atoms with E-state index in [4.69, 9.17) is 9.84 Å². The van der Waals surface area contributed by atoms with Crippen LogP contribution >= 0.6 is 0 Å². The first kappa shape index (κ1) is 13.7. The van der Waals surface area contributed by atoms with E-state index in [9.17, 15) is 4.79 Å². The molecule has 0 aliphatic heterocycles. The van der Waals surface area contributed by atoms with Crippen LogP contribution < -0.4 is 4.74 Å². The monoisotopic (exact) mass is 270 g/mol. The molecule has 1 heterocycles. The van der Waals surface area contributed by atoms with E-state index in [1.807, 2.05) is 25.1 Å². The summed E-state index contributed by atoms with van der Waals surface area (Å²) in [7, 11) is 0. The van der Waals surface area contributed by atoms with Crippen molar-refractivity contribution in [3.63, 3.8) is 0 Å². The molecular formula is C15H14N2O3. The van der Waals surface area contributed by atoms with Gasteiger partial charge in [-0.2, -0.15) is 0 Å². The van der Waals surface area contributed by atoms with Crippen LogP contribution in [-0.4, -0.2) is 27.7 Å². The molecule has 0 fully saturated rings. The second-order valence-electron chi connectivity index (χ2n) is 4.17. The van der Waals surface area contributed by atoms with Crippen LogP contribution in [0.1, 0.15) is 18.2 Å². The Balaban J connectivity index is 2.17. The quantitative estimate of drug-likeness (QED) is 0.903. The fraction of sp³-hybridized carbons (Fsp3) is 0.133. The highest BCUT2D eigenvalue weighted by Gasteiger charge is 2.01. The number of allylic oxidation sites excluding steroid dienone is 1. The number of carbonyl (C=O) groups is 1. The van der Waals surface area contributed by atoms with Crippen molar-refractivity contribution in [3.05, 3.63) is 54.1 Å². The zero-order chi connectivity index (χ0) is 14.4. The largest absolute Gasteiger partial charge is 0.482 e. The van der Waals surface area contributed by atoms with Gasteiger partial charge in [-0.15, -0.1) is 0 Å². The molecule has 0 amide bonds. The molecule has 5 nitrogen and oxygen atoms in total. The van der Waals surface area contributed by atoms with Gasteiger partial charge in [0.25, 0.3) is 0 Å². The van der Waals surface area contributed by atoms with Gasteiger partial charge in [-0.05, 0) is 36.3 Å². The van der Waals surface area contributed by atoms with Crippen molar-refractivity contribution in [2.24, 2.45) is 0 Å². The highest BCUT2D eigenvalue weighted by Crippen LogP contribution is 2.19. The van der Waals surface area contributed by atoms with Crippen LogP contribution in [0.4, 0.5) is 0 Å². The molecule has 0 radical (unpaired) electrons. The number of aromatic nitrogens is 2. The molecular weight excluding hydrogens is 256 g/mol. The minimum absolute atomic E-state index is 0.351. The van der Waals surface area contributed by atoms with Crippen LogP contribution in [0.5, 0.6) is 5.75 Å². The molecule has 1 aromatic heterocycles. The van der Waals surface area contributed by atoms with Gasteiger partial charge in [0.2, 0.25) is 0 Å². The molecule has 5 heteroatoms. The number of carboxylic acid groups (broad SMARTS) is 1. The maximum absolute atomic E-state index is 10.5. The molecule has 1 N–H and O–H groups in total. The minimum atomic E-state index is -0.998. The van der Waals surface area contributed by atoms with Gasteiger partial charge < -0.3 is 9.84 Å². The number of carboxylic acids is 1. The van der Waals surface area contributed by atoms with Crippen molar-refractivity contribution in [2.75, 3.05) is 6.61 Å². The highest BCUT2D eigenvalue weighted by atomic mass is 16.5. The van der Waals surface area contributed by atoms with E-state index in [1.54, 1.807) is 30.7 Å². The second kappa shape index (κ2) is 6.47. The number of rotatable bonds is 5. The Morgan fingerprint density at radius 2 is 2.25 bits per heavy atom. The fourth-order valence-corrected chi connectivity index (χ4v) is 1.67. The Morgan fingerprint density at radius 1 is 1.40 bits per heavy atom. The Labute approximate surface area is 116 Å². The Morgan fingerprint density at radius 3 is 2.95 bits per heavy atom. The molecule has 0 aliphatic rings. The number of hydrogen-bond acceptors (Lipinski definition) is 4. The summed E-state index contributed by atoms with van der Waals surface area (Å²) >= 11 is 0. The van der Waals surface area contributed by atoms with Gasteiger partial charge in [0.05, 0.1) is 11.9 Å². The van der Waals surface area contributed by atoms with Crippen molar-refractivity contribution in [2.45, 2.75) is 6.92 Å². The lowest BCUT2D eigenvalue weighted by atomic mass is 10.1. The predicted octanol–water partition coefficient (Wildman–Crippen LogP) is 2.50. The normalized spacial score (nSPS) is 11.2. The summed E-state index contributed by atoms with van der Waals surface area (Å²) in [6.45, 7) is 1.59. The van der Waals surface area contributed by atoms with Crippen molar-refractivity contribution in [3.8, 4) is 5.75 Å². The number of ether oxygens (including phenoxy) is 1. The maximum Gasteiger partial charge on any atom is 0.341 e. The first-order valence-corrected chi connectivity index (χ1v) is 6.04. The van der Waals surface area contributed by atoms with Crippen LogP contribution in [0.2, 0.25) is 0 Å². The SMILES string of the molecule is C/C(=C\c1cccc(OCC(=O)O)c1)c1cnccn1. The Bertz CT molecular complexity index is 624. The predicted molar refractivity (Wildman–Crippen MR) is 75.1 cm³/mol. The number of benzene rings is 1. The summed E-state index contributed by atoms with van der Waals surface area (Å²) < 4.78 is 5.14. The summed E-state index contributed by atoms with van der Waals surface area (Å²) in [5.41, 5.74) is 2.67. The van der Waals surface area contributed by atoms with Crippen molar-refractivity contribution in [1.29, 1.82) is 0 Å². The number of hydrogen-bond donors (Lipinski definition) is 1. The third-order valence-electron chi connectivity index (χ3n) is 2.57. The van der Waals surface area contributed by atoms with Crippen LogP contribution in [-0.2, 0) is 4.79 Å². The van der Waals surface area contributed by atoms with Crippen LogP contribution in [0.25, 0.3) is 11.6 Å². The van der Waals surface area contributed by atoms with Crippen LogP contribution in [0, 0.1) is 0 Å². The van der Waals surface area contributed by atoms with Crippen LogP contribution in [0.3, 0.4) is 0 Å². The fourth-order valence-electron chi connectivity index (χ4n) is 1.67. The van der Waals surface area contributed by atoms with Gasteiger partial charge in [0, 0.05) is 12.4 Å². The van der Waals surface area contributed by atoms with E-state index in [0.717, 1.165) is 16.8 Å². The molecule has 0 saturated heterocycles. The summed E-state index contributed by atoms with van der Waals surface area (Å²) in [4.78, 5) is 18.7.